The molecule has 3 rings (SSSR count). The van der Waals surface area contributed by atoms with Gasteiger partial charge in [0.15, 0.2) is 23.0 Å². The molecule has 3 aromatic carbocycles. The van der Waals surface area contributed by atoms with Gasteiger partial charge in [-0.15, -0.1) is 0 Å². The number of hydrogen-bond donors (Lipinski definition) is 2. The second-order valence-electron chi connectivity index (χ2n) is 4.87. The van der Waals surface area contributed by atoms with Crippen molar-refractivity contribution in [2.24, 2.45) is 0 Å². The van der Waals surface area contributed by atoms with E-state index in [9.17, 15) is 10.2 Å². The lowest BCUT2D eigenvalue weighted by molar-refractivity contribution is 0.327. The van der Waals surface area contributed by atoms with Crippen molar-refractivity contribution in [3.8, 4) is 28.7 Å². The Kier molecular flexibility index (Phi) is 3.33. The fourth-order valence-corrected chi connectivity index (χ4v) is 2.71. The van der Waals surface area contributed by atoms with Crippen molar-refractivity contribution < 1.29 is 24.4 Å². The third kappa shape index (κ3) is 1.94. The molecule has 0 fully saturated rings. The van der Waals surface area contributed by atoms with Gasteiger partial charge in [-0.3, -0.25) is 0 Å². The van der Waals surface area contributed by atoms with Gasteiger partial charge in [0.2, 0.25) is 5.75 Å². The molecule has 0 aliphatic rings. The minimum atomic E-state index is -0.183. The zero-order valence-electron chi connectivity index (χ0n) is 12.5. The van der Waals surface area contributed by atoms with Crippen molar-refractivity contribution in [3.05, 3.63) is 30.3 Å². The fourth-order valence-electron chi connectivity index (χ4n) is 2.71. The summed E-state index contributed by atoms with van der Waals surface area (Å²) in [7, 11) is 4.66. The Morgan fingerprint density at radius 1 is 0.727 bits per heavy atom. The van der Waals surface area contributed by atoms with Crippen molar-refractivity contribution in [2.45, 2.75) is 0 Å². The van der Waals surface area contributed by atoms with Gasteiger partial charge in [-0.1, -0.05) is 12.1 Å². The van der Waals surface area contributed by atoms with Crippen LogP contribution in [0.3, 0.4) is 0 Å². The Morgan fingerprint density at radius 2 is 1.36 bits per heavy atom. The molecule has 0 aliphatic carbocycles. The van der Waals surface area contributed by atoms with Crippen molar-refractivity contribution in [3.63, 3.8) is 0 Å². The number of phenolic OH excluding ortho intramolecular Hbond substituents is 2. The van der Waals surface area contributed by atoms with Gasteiger partial charge in [-0.05, 0) is 34.4 Å². The van der Waals surface area contributed by atoms with Crippen molar-refractivity contribution in [1.29, 1.82) is 0 Å². The van der Waals surface area contributed by atoms with Crippen LogP contribution in [-0.4, -0.2) is 31.5 Å². The highest BCUT2D eigenvalue weighted by Crippen LogP contribution is 2.47. The molecule has 0 saturated carbocycles. The van der Waals surface area contributed by atoms with Crippen LogP contribution >= 0.6 is 0 Å². The average Bonchev–Trinajstić information content (AvgIpc) is 2.53. The monoisotopic (exact) mass is 300 g/mol. The number of rotatable bonds is 3. The Hall–Kier alpha value is -2.82. The Bertz CT molecular complexity index is 870. The van der Waals surface area contributed by atoms with Crippen LogP contribution in [0.4, 0.5) is 0 Å². The standard InChI is InChI=1S/C17H16O5/c1-20-14-7-10-5-4-9-6-12(18)13(19)8-11(9)15(10)17(22-3)16(14)21-2/h4-8,18-19H,1-3H3. The van der Waals surface area contributed by atoms with Crippen molar-refractivity contribution >= 4 is 21.5 Å². The summed E-state index contributed by atoms with van der Waals surface area (Å²) in [6.45, 7) is 0. The van der Waals surface area contributed by atoms with Gasteiger partial charge in [0.05, 0.1) is 21.3 Å². The Morgan fingerprint density at radius 3 is 2.00 bits per heavy atom. The van der Waals surface area contributed by atoms with E-state index in [1.165, 1.54) is 12.1 Å². The lowest BCUT2D eigenvalue weighted by atomic mass is 9.99. The first-order valence-corrected chi connectivity index (χ1v) is 6.68. The van der Waals surface area contributed by atoms with Gasteiger partial charge in [-0.2, -0.15) is 0 Å². The molecule has 0 aliphatic heterocycles. The van der Waals surface area contributed by atoms with Gasteiger partial charge in [0, 0.05) is 5.39 Å². The normalized spacial score (nSPS) is 10.9. The molecule has 3 aromatic rings. The maximum absolute atomic E-state index is 9.82. The fraction of sp³-hybridized carbons (Fsp3) is 0.176. The number of hydrogen-bond acceptors (Lipinski definition) is 5. The lowest BCUT2D eigenvalue weighted by Crippen LogP contribution is -1.96. The summed E-state index contributed by atoms with van der Waals surface area (Å²) in [6.07, 6.45) is 0. The first-order valence-electron chi connectivity index (χ1n) is 6.68. The predicted molar refractivity (Wildman–Crippen MR) is 84.4 cm³/mol. The van der Waals surface area contributed by atoms with Gasteiger partial charge < -0.3 is 24.4 Å². The molecular formula is C17H16O5. The summed E-state index contributed by atoms with van der Waals surface area (Å²) < 4.78 is 16.3. The molecular weight excluding hydrogens is 284 g/mol. The minimum Gasteiger partial charge on any atom is -0.504 e. The number of methoxy groups -OCH3 is 3. The number of ether oxygens (including phenoxy) is 3. The zero-order valence-corrected chi connectivity index (χ0v) is 12.5. The molecule has 0 atom stereocenters. The first-order chi connectivity index (χ1) is 10.6. The summed E-state index contributed by atoms with van der Waals surface area (Å²) in [6, 6.07) is 8.64. The van der Waals surface area contributed by atoms with Gasteiger partial charge in [0.25, 0.3) is 0 Å². The van der Waals surface area contributed by atoms with E-state index in [0.29, 0.717) is 17.2 Å². The highest BCUT2D eigenvalue weighted by Gasteiger charge is 2.18. The van der Waals surface area contributed by atoms with Crippen molar-refractivity contribution in [1.82, 2.24) is 0 Å². The first kappa shape index (κ1) is 14.1. The topological polar surface area (TPSA) is 68.2 Å². The quantitative estimate of drug-likeness (QED) is 0.573. The summed E-state index contributed by atoms with van der Waals surface area (Å²) in [5, 5.41) is 22.7. The van der Waals surface area contributed by atoms with Gasteiger partial charge in [0.1, 0.15) is 0 Å². The molecule has 0 bridgehead atoms. The molecule has 0 heterocycles. The molecule has 5 nitrogen and oxygen atoms in total. The van der Waals surface area contributed by atoms with Crippen LogP contribution in [-0.2, 0) is 0 Å². The molecule has 5 heteroatoms. The molecule has 0 saturated heterocycles. The maximum Gasteiger partial charge on any atom is 0.203 e. The van der Waals surface area contributed by atoms with Crippen LogP contribution < -0.4 is 14.2 Å². The van der Waals surface area contributed by atoms with Gasteiger partial charge in [-0.25, -0.2) is 0 Å². The van der Waals surface area contributed by atoms with Crippen LogP contribution in [0.25, 0.3) is 21.5 Å². The highest BCUT2D eigenvalue weighted by molar-refractivity contribution is 6.13. The van der Waals surface area contributed by atoms with E-state index in [4.69, 9.17) is 14.2 Å². The van der Waals surface area contributed by atoms with Crippen LogP contribution in [0, 0.1) is 0 Å². The molecule has 0 unspecified atom stereocenters. The van der Waals surface area contributed by atoms with E-state index < -0.39 is 0 Å². The van der Waals surface area contributed by atoms with Gasteiger partial charge >= 0.3 is 0 Å². The largest absolute Gasteiger partial charge is 0.504 e. The number of phenols is 2. The van der Waals surface area contributed by atoms with E-state index >= 15 is 0 Å². The third-order valence-corrected chi connectivity index (χ3v) is 3.72. The minimum absolute atomic E-state index is 0.161. The second-order valence-corrected chi connectivity index (χ2v) is 4.87. The number of benzene rings is 3. The zero-order chi connectivity index (χ0) is 15.9. The number of fused-ring (bicyclic) bond motifs is 3. The summed E-state index contributed by atoms with van der Waals surface area (Å²) >= 11 is 0. The van der Waals surface area contributed by atoms with E-state index in [1.54, 1.807) is 21.3 Å². The average molecular weight is 300 g/mol. The van der Waals surface area contributed by atoms with E-state index in [2.05, 4.69) is 0 Å². The smallest absolute Gasteiger partial charge is 0.203 e. The molecule has 0 spiro atoms. The van der Waals surface area contributed by atoms with Crippen molar-refractivity contribution in [2.75, 3.05) is 21.3 Å². The SMILES string of the molecule is COc1cc2ccc3cc(O)c(O)cc3c2c(OC)c1OC. The third-order valence-electron chi connectivity index (χ3n) is 3.72. The molecule has 2 N–H and O–H groups in total. The summed E-state index contributed by atoms with van der Waals surface area (Å²) in [4.78, 5) is 0. The second kappa shape index (κ2) is 5.18. The summed E-state index contributed by atoms with van der Waals surface area (Å²) in [5.41, 5.74) is 0. The number of aromatic hydroxyl groups is 2. The predicted octanol–water partition coefficient (Wildman–Crippen LogP) is 3.43. The van der Waals surface area contributed by atoms with E-state index in [1.807, 2.05) is 18.2 Å². The molecule has 0 amide bonds. The summed E-state index contributed by atoms with van der Waals surface area (Å²) in [5.74, 6) is 1.22. The van der Waals surface area contributed by atoms with E-state index in [0.717, 1.165) is 21.5 Å². The molecule has 22 heavy (non-hydrogen) atoms. The Balaban J connectivity index is 2.54. The lowest BCUT2D eigenvalue weighted by Gasteiger charge is -2.16. The van der Waals surface area contributed by atoms with Crippen LogP contribution in [0.5, 0.6) is 28.7 Å². The molecule has 114 valence electrons. The molecule has 0 radical (unpaired) electrons. The van der Waals surface area contributed by atoms with Crippen LogP contribution in [0.1, 0.15) is 0 Å². The van der Waals surface area contributed by atoms with Crippen LogP contribution in [0.15, 0.2) is 30.3 Å². The van der Waals surface area contributed by atoms with E-state index in [-0.39, 0.29) is 11.5 Å². The maximum atomic E-state index is 9.82. The Labute approximate surface area is 127 Å². The van der Waals surface area contributed by atoms with Crippen LogP contribution in [0.2, 0.25) is 0 Å². The highest BCUT2D eigenvalue weighted by atomic mass is 16.5. The molecule has 0 aromatic heterocycles.